The molecule has 0 bridgehead atoms. The SMILES string of the molecule is CC(=O)NC[C@H]1CN(c2ccc(N3CCOCC3)c(F)c2)C(=O)O1.CCO. The van der Waals surface area contributed by atoms with E-state index in [4.69, 9.17) is 14.6 Å². The van der Waals surface area contributed by atoms with Crippen LogP contribution in [0.2, 0.25) is 0 Å². The molecule has 2 N–H and O–H groups in total. The van der Waals surface area contributed by atoms with Gasteiger partial charge in [-0.2, -0.15) is 0 Å². The summed E-state index contributed by atoms with van der Waals surface area (Å²) in [4.78, 5) is 26.2. The van der Waals surface area contributed by atoms with Gasteiger partial charge in [-0.15, -0.1) is 0 Å². The molecule has 2 aliphatic heterocycles. The number of benzene rings is 1. The van der Waals surface area contributed by atoms with Gasteiger partial charge in [-0.05, 0) is 25.1 Å². The van der Waals surface area contributed by atoms with Gasteiger partial charge in [0.1, 0.15) is 11.9 Å². The van der Waals surface area contributed by atoms with E-state index in [9.17, 15) is 14.0 Å². The van der Waals surface area contributed by atoms with Gasteiger partial charge in [-0.3, -0.25) is 9.69 Å². The zero-order valence-electron chi connectivity index (χ0n) is 15.6. The molecule has 0 aromatic heterocycles. The highest BCUT2D eigenvalue weighted by Gasteiger charge is 2.32. The molecule has 0 saturated carbocycles. The Balaban J connectivity index is 0.000000817. The second-order valence-corrected chi connectivity index (χ2v) is 6.10. The molecule has 2 fully saturated rings. The van der Waals surface area contributed by atoms with Crippen molar-refractivity contribution in [3.05, 3.63) is 24.0 Å². The van der Waals surface area contributed by atoms with Crippen molar-refractivity contribution in [1.29, 1.82) is 0 Å². The van der Waals surface area contributed by atoms with Crippen molar-refractivity contribution in [1.82, 2.24) is 5.32 Å². The van der Waals surface area contributed by atoms with Crippen LogP contribution in [-0.2, 0) is 14.3 Å². The summed E-state index contributed by atoms with van der Waals surface area (Å²) in [5.74, 6) is -0.571. The Morgan fingerprint density at radius 3 is 2.63 bits per heavy atom. The molecule has 9 heteroatoms. The molecular weight excluding hydrogens is 357 g/mol. The minimum Gasteiger partial charge on any atom is -0.442 e. The molecule has 150 valence electrons. The lowest BCUT2D eigenvalue weighted by molar-refractivity contribution is -0.119. The fraction of sp³-hybridized carbons (Fsp3) is 0.556. The van der Waals surface area contributed by atoms with E-state index in [1.165, 1.54) is 17.9 Å². The number of ether oxygens (including phenoxy) is 2. The number of anilines is 2. The van der Waals surface area contributed by atoms with Crippen molar-refractivity contribution in [2.24, 2.45) is 0 Å². The maximum atomic E-state index is 14.4. The van der Waals surface area contributed by atoms with Crippen LogP contribution < -0.4 is 15.1 Å². The Morgan fingerprint density at radius 2 is 2.04 bits per heavy atom. The van der Waals surface area contributed by atoms with Crippen LogP contribution in [0.1, 0.15) is 13.8 Å². The Labute approximate surface area is 157 Å². The third kappa shape index (κ3) is 5.80. The molecule has 2 heterocycles. The molecule has 2 aliphatic rings. The van der Waals surface area contributed by atoms with Gasteiger partial charge >= 0.3 is 6.09 Å². The van der Waals surface area contributed by atoms with Gasteiger partial charge in [0.15, 0.2) is 0 Å². The van der Waals surface area contributed by atoms with Crippen LogP contribution in [0.25, 0.3) is 0 Å². The van der Waals surface area contributed by atoms with Crippen LogP contribution >= 0.6 is 0 Å². The third-order valence-electron chi connectivity index (χ3n) is 4.05. The highest BCUT2D eigenvalue weighted by atomic mass is 19.1. The number of nitrogens with zero attached hydrogens (tertiary/aromatic N) is 2. The molecule has 2 saturated heterocycles. The zero-order valence-corrected chi connectivity index (χ0v) is 15.6. The van der Waals surface area contributed by atoms with Crippen LogP contribution in [0.5, 0.6) is 0 Å². The predicted molar refractivity (Wildman–Crippen MR) is 98.5 cm³/mol. The Kier molecular flexibility index (Phi) is 7.81. The Hall–Kier alpha value is -2.39. The molecule has 2 amide bonds. The number of hydrogen-bond acceptors (Lipinski definition) is 6. The van der Waals surface area contributed by atoms with Crippen molar-refractivity contribution in [2.45, 2.75) is 20.0 Å². The fourth-order valence-corrected chi connectivity index (χ4v) is 2.82. The highest BCUT2D eigenvalue weighted by Crippen LogP contribution is 2.28. The first-order valence-electron chi connectivity index (χ1n) is 8.92. The van der Waals surface area contributed by atoms with E-state index in [0.717, 1.165) is 0 Å². The second-order valence-electron chi connectivity index (χ2n) is 6.10. The maximum Gasteiger partial charge on any atom is 0.414 e. The summed E-state index contributed by atoms with van der Waals surface area (Å²) in [5.41, 5.74) is 0.948. The van der Waals surface area contributed by atoms with Crippen LogP contribution in [0, 0.1) is 5.82 Å². The van der Waals surface area contributed by atoms with Gasteiger partial charge in [0.2, 0.25) is 5.91 Å². The van der Waals surface area contributed by atoms with E-state index in [-0.39, 0.29) is 31.4 Å². The van der Waals surface area contributed by atoms with E-state index in [1.807, 2.05) is 4.90 Å². The number of carbonyl (C=O) groups excluding carboxylic acids is 2. The molecular formula is C18H26FN3O5. The van der Waals surface area contributed by atoms with Crippen molar-refractivity contribution in [3.63, 3.8) is 0 Å². The van der Waals surface area contributed by atoms with Gasteiger partial charge in [0.05, 0.1) is 37.7 Å². The van der Waals surface area contributed by atoms with E-state index in [2.05, 4.69) is 5.32 Å². The quantitative estimate of drug-likeness (QED) is 0.810. The number of aliphatic hydroxyl groups excluding tert-OH is 1. The van der Waals surface area contributed by atoms with Crippen molar-refractivity contribution >= 4 is 23.4 Å². The van der Waals surface area contributed by atoms with E-state index >= 15 is 0 Å². The van der Waals surface area contributed by atoms with Crippen LogP contribution in [0.3, 0.4) is 0 Å². The smallest absolute Gasteiger partial charge is 0.414 e. The van der Waals surface area contributed by atoms with Crippen molar-refractivity contribution in [3.8, 4) is 0 Å². The number of cyclic esters (lactones) is 1. The zero-order chi connectivity index (χ0) is 19.8. The molecule has 0 aliphatic carbocycles. The summed E-state index contributed by atoms with van der Waals surface area (Å²) >= 11 is 0. The third-order valence-corrected chi connectivity index (χ3v) is 4.05. The maximum absolute atomic E-state index is 14.4. The number of morpholine rings is 1. The molecule has 8 nitrogen and oxygen atoms in total. The number of nitrogens with one attached hydrogen (secondary N) is 1. The van der Waals surface area contributed by atoms with E-state index in [1.54, 1.807) is 19.1 Å². The van der Waals surface area contributed by atoms with Crippen molar-refractivity contribution in [2.75, 3.05) is 55.8 Å². The molecule has 1 aromatic rings. The summed E-state index contributed by atoms with van der Waals surface area (Å²) in [6.45, 7) is 6.27. The van der Waals surface area contributed by atoms with Crippen LogP contribution in [0.4, 0.5) is 20.6 Å². The molecule has 0 spiro atoms. The molecule has 27 heavy (non-hydrogen) atoms. The largest absolute Gasteiger partial charge is 0.442 e. The topological polar surface area (TPSA) is 91.3 Å². The first-order chi connectivity index (χ1) is 13.0. The van der Waals surface area contributed by atoms with Gasteiger partial charge in [0.25, 0.3) is 0 Å². The lowest BCUT2D eigenvalue weighted by Crippen LogP contribution is -2.36. The summed E-state index contributed by atoms with van der Waals surface area (Å²) in [6.07, 6.45) is -0.979. The molecule has 0 unspecified atom stereocenters. The predicted octanol–water partition coefficient (Wildman–Crippen LogP) is 1.12. The summed E-state index contributed by atoms with van der Waals surface area (Å²) < 4.78 is 24.9. The van der Waals surface area contributed by atoms with Crippen molar-refractivity contribution < 1.29 is 28.6 Å². The average Bonchev–Trinajstić information content (AvgIpc) is 3.02. The number of halogens is 1. The standard InChI is InChI=1S/C16H20FN3O4.C2H6O/c1-11(21)18-9-13-10-20(16(22)24-13)12-2-3-15(14(17)8-12)19-4-6-23-7-5-19;1-2-3/h2-3,8,13H,4-7,9-10H2,1H3,(H,18,21);3H,2H2,1H3/t13-;/m0./s1. The lowest BCUT2D eigenvalue weighted by atomic mass is 10.2. The van der Waals surface area contributed by atoms with Crippen LogP contribution in [-0.4, -0.2) is 69.2 Å². The molecule has 3 rings (SSSR count). The summed E-state index contributed by atoms with van der Waals surface area (Å²) in [5, 5.41) is 10.2. The highest BCUT2D eigenvalue weighted by molar-refractivity contribution is 5.90. The second kappa shape index (κ2) is 10.1. The summed E-state index contributed by atoms with van der Waals surface area (Å²) in [6, 6.07) is 4.72. The normalized spacial score (nSPS) is 19.3. The molecule has 0 radical (unpaired) electrons. The molecule has 1 atom stereocenters. The number of carbonyl (C=O) groups is 2. The van der Waals surface area contributed by atoms with Gasteiger partial charge in [-0.25, -0.2) is 9.18 Å². The van der Waals surface area contributed by atoms with Gasteiger partial charge in [-0.1, -0.05) is 0 Å². The Bertz CT molecular complexity index is 652. The first kappa shape index (κ1) is 20.9. The molecule has 1 aromatic carbocycles. The number of hydrogen-bond donors (Lipinski definition) is 2. The summed E-state index contributed by atoms with van der Waals surface area (Å²) in [7, 11) is 0. The van der Waals surface area contributed by atoms with E-state index < -0.39 is 12.2 Å². The van der Waals surface area contributed by atoms with Crippen LogP contribution in [0.15, 0.2) is 18.2 Å². The monoisotopic (exact) mass is 383 g/mol. The number of rotatable bonds is 4. The Morgan fingerprint density at radius 1 is 1.37 bits per heavy atom. The number of amides is 2. The number of aliphatic hydroxyl groups is 1. The minimum absolute atomic E-state index is 0.189. The minimum atomic E-state index is -0.538. The van der Waals surface area contributed by atoms with E-state index in [0.29, 0.717) is 37.7 Å². The average molecular weight is 383 g/mol. The fourth-order valence-electron chi connectivity index (χ4n) is 2.82. The van der Waals surface area contributed by atoms with Gasteiger partial charge < -0.3 is 24.8 Å². The van der Waals surface area contributed by atoms with Gasteiger partial charge in [0, 0.05) is 26.6 Å². The lowest BCUT2D eigenvalue weighted by Gasteiger charge is -2.29. The first-order valence-corrected chi connectivity index (χ1v) is 8.92.